The van der Waals surface area contributed by atoms with Gasteiger partial charge in [-0.3, -0.25) is 9.59 Å². The van der Waals surface area contributed by atoms with E-state index in [1.54, 1.807) is 0 Å². The molecule has 0 bridgehead atoms. The molecule has 1 amide bonds. The molecule has 0 atom stereocenters. The Hall–Kier alpha value is 0.01000. The molecule has 0 aliphatic rings. The number of aldehydes is 1. The second kappa shape index (κ2) is 5.77. The van der Waals surface area contributed by atoms with Gasteiger partial charge >= 0.3 is 0 Å². The Morgan fingerprint density at radius 1 is 1.50 bits per heavy atom. The highest BCUT2D eigenvalue weighted by Gasteiger charge is 2.16. The SMILES string of the molecule is CC(N)=O.O=CC(Cl)(Cl)Cl. The molecule has 0 radical (unpaired) electrons. The van der Waals surface area contributed by atoms with Crippen LogP contribution < -0.4 is 5.73 Å². The smallest absolute Gasteiger partial charge is 0.245 e. The van der Waals surface area contributed by atoms with Gasteiger partial charge in [-0.2, -0.15) is 0 Å². The lowest BCUT2D eigenvalue weighted by atomic mass is 10.8. The van der Waals surface area contributed by atoms with Crippen LogP contribution in [0.3, 0.4) is 0 Å². The molecule has 60 valence electrons. The van der Waals surface area contributed by atoms with Crippen molar-refractivity contribution >= 4 is 47.0 Å². The maximum atomic E-state index is 9.43. The highest BCUT2D eigenvalue weighted by molar-refractivity contribution is 6.74. The number of hydrogen-bond acceptors (Lipinski definition) is 2. The van der Waals surface area contributed by atoms with Crippen molar-refractivity contribution in [3.8, 4) is 0 Å². The summed E-state index contributed by atoms with van der Waals surface area (Å²) in [6, 6.07) is 0. The summed E-state index contributed by atoms with van der Waals surface area (Å²) in [7, 11) is 0. The fourth-order valence-corrected chi connectivity index (χ4v) is 0. The topological polar surface area (TPSA) is 60.2 Å². The van der Waals surface area contributed by atoms with Crippen molar-refractivity contribution in [3.05, 3.63) is 0 Å². The van der Waals surface area contributed by atoms with Crippen LogP contribution in [0, 0.1) is 0 Å². The zero-order chi connectivity index (χ0) is 8.78. The summed E-state index contributed by atoms with van der Waals surface area (Å²) >= 11 is 14.6. The van der Waals surface area contributed by atoms with E-state index in [1.165, 1.54) is 6.92 Å². The van der Waals surface area contributed by atoms with Crippen molar-refractivity contribution in [2.75, 3.05) is 0 Å². The fraction of sp³-hybridized carbons (Fsp3) is 0.500. The normalized spacial score (nSPS) is 9.20. The van der Waals surface area contributed by atoms with Crippen LogP contribution in [0.1, 0.15) is 6.92 Å². The van der Waals surface area contributed by atoms with Gasteiger partial charge in [-0.1, -0.05) is 34.8 Å². The number of nitrogens with two attached hydrogens (primary N) is 1. The summed E-state index contributed by atoms with van der Waals surface area (Å²) in [6.45, 7) is 1.31. The molecule has 0 rings (SSSR count). The molecule has 0 fully saturated rings. The summed E-state index contributed by atoms with van der Waals surface area (Å²) in [5.41, 5.74) is 4.47. The van der Waals surface area contributed by atoms with Gasteiger partial charge in [0.05, 0.1) is 0 Å². The molecular weight excluding hydrogens is 200 g/mol. The summed E-state index contributed by atoms with van der Waals surface area (Å²) in [5, 5.41) is 0. The highest BCUT2D eigenvalue weighted by Crippen LogP contribution is 2.21. The van der Waals surface area contributed by atoms with Crippen molar-refractivity contribution in [2.45, 2.75) is 10.7 Å². The van der Waals surface area contributed by atoms with Gasteiger partial charge in [-0.05, 0) is 0 Å². The summed E-state index contributed by atoms with van der Waals surface area (Å²) < 4.78 is -1.72. The fourth-order valence-electron chi connectivity index (χ4n) is 0. The van der Waals surface area contributed by atoms with Gasteiger partial charge in [0, 0.05) is 6.92 Å². The van der Waals surface area contributed by atoms with Crippen LogP contribution >= 0.6 is 34.8 Å². The molecule has 0 aromatic heterocycles. The maximum Gasteiger partial charge on any atom is 0.245 e. The van der Waals surface area contributed by atoms with E-state index in [4.69, 9.17) is 34.8 Å². The number of hydrogen-bond donors (Lipinski definition) is 1. The summed E-state index contributed by atoms with van der Waals surface area (Å²) in [4.78, 5) is 18.7. The molecule has 0 aliphatic carbocycles. The molecule has 0 spiro atoms. The van der Waals surface area contributed by atoms with E-state index in [2.05, 4.69) is 5.73 Å². The first-order chi connectivity index (χ1) is 4.29. The Morgan fingerprint density at radius 2 is 1.60 bits per heavy atom. The monoisotopic (exact) mass is 205 g/mol. The first-order valence-electron chi connectivity index (χ1n) is 2.08. The Kier molecular flexibility index (Phi) is 7.31. The van der Waals surface area contributed by atoms with Gasteiger partial charge in [0.15, 0.2) is 6.29 Å². The van der Waals surface area contributed by atoms with E-state index in [0.717, 1.165) is 0 Å². The minimum Gasteiger partial charge on any atom is -0.370 e. The Labute approximate surface area is 73.4 Å². The molecule has 0 aliphatic heterocycles. The predicted molar refractivity (Wildman–Crippen MR) is 41.2 cm³/mol. The third-order valence-corrected chi connectivity index (χ3v) is 0.401. The Bertz CT molecular complexity index is 116. The molecular formula is C4H6Cl3NO2. The van der Waals surface area contributed by atoms with Crippen LogP contribution in [0.2, 0.25) is 0 Å². The van der Waals surface area contributed by atoms with Gasteiger partial charge in [0.25, 0.3) is 0 Å². The molecule has 6 heteroatoms. The number of alkyl halides is 3. The van der Waals surface area contributed by atoms with E-state index >= 15 is 0 Å². The van der Waals surface area contributed by atoms with E-state index in [-0.39, 0.29) is 12.2 Å². The number of halogens is 3. The van der Waals surface area contributed by atoms with Crippen molar-refractivity contribution < 1.29 is 9.59 Å². The second-order valence-corrected chi connectivity index (χ2v) is 3.64. The number of primary amides is 1. The molecule has 0 unspecified atom stereocenters. The molecule has 0 saturated carbocycles. The minimum atomic E-state index is -1.72. The van der Waals surface area contributed by atoms with E-state index < -0.39 is 3.79 Å². The van der Waals surface area contributed by atoms with Crippen LogP contribution in [0.5, 0.6) is 0 Å². The lowest BCUT2D eigenvalue weighted by Gasteiger charge is -1.93. The molecule has 10 heavy (non-hydrogen) atoms. The standard InChI is InChI=1S/C2HCl3O.C2H5NO/c3-2(4,5)1-6;1-2(3)4/h1H;1H3,(H2,3,4). The van der Waals surface area contributed by atoms with Crippen molar-refractivity contribution in [1.29, 1.82) is 0 Å². The van der Waals surface area contributed by atoms with E-state index in [9.17, 15) is 9.59 Å². The lowest BCUT2D eigenvalue weighted by Crippen LogP contribution is -2.01. The second-order valence-electron chi connectivity index (χ2n) is 1.27. The summed E-state index contributed by atoms with van der Waals surface area (Å²) in [5.74, 6) is -0.333. The average molecular weight is 206 g/mol. The third-order valence-electron chi connectivity index (χ3n) is 0.134. The van der Waals surface area contributed by atoms with Crippen molar-refractivity contribution in [1.82, 2.24) is 0 Å². The van der Waals surface area contributed by atoms with Crippen LogP contribution in [0.4, 0.5) is 0 Å². The maximum absolute atomic E-state index is 9.43. The number of carbonyl (C=O) groups excluding carboxylic acids is 2. The lowest BCUT2D eigenvalue weighted by molar-refractivity contribution is -0.116. The van der Waals surface area contributed by atoms with Crippen LogP contribution in [-0.4, -0.2) is 16.0 Å². The first kappa shape index (κ1) is 12.7. The largest absolute Gasteiger partial charge is 0.370 e. The van der Waals surface area contributed by atoms with Gasteiger partial charge in [0.2, 0.25) is 9.70 Å². The molecule has 2 N–H and O–H groups in total. The van der Waals surface area contributed by atoms with Gasteiger partial charge in [-0.25, -0.2) is 0 Å². The third kappa shape index (κ3) is 43.4. The average Bonchev–Trinajstić information content (AvgIpc) is 1.63. The number of carbonyl (C=O) groups is 2. The van der Waals surface area contributed by atoms with Gasteiger partial charge in [0.1, 0.15) is 0 Å². The number of rotatable bonds is 0. The highest BCUT2D eigenvalue weighted by atomic mass is 35.6. The zero-order valence-corrected chi connectivity index (χ0v) is 7.37. The molecule has 0 heterocycles. The first-order valence-corrected chi connectivity index (χ1v) is 3.22. The molecule has 0 saturated heterocycles. The number of amides is 1. The van der Waals surface area contributed by atoms with Crippen molar-refractivity contribution in [3.63, 3.8) is 0 Å². The van der Waals surface area contributed by atoms with Crippen LogP contribution in [-0.2, 0) is 9.59 Å². The molecule has 0 aromatic rings. The predicted octanol–water partition coefficient (Wildman–Crippen LogP) is 1.05. The van der Waals surface area contributed by atoms with Crippen molar-refractivity contribution in [2.24, 2.45) is 5.73 Å². The zero-order valence-electron chi connectivity index (χ0n) is 5.11. The minimum absolute atomic E-state index is 0.234. The molecule has 0 aromatic carbocycles. The van der Waals surface area contributed by atoms with Gasteiger partial charge in [-0.15, -0.1) is 0 Å². The van der Waals surface area contributed by atoms with Crippen LogP contribution in [0.25, 0.3) is 0 Å². The van der Waals surface area contributed by atoms with E-state index in [1.807, 2.05) is 0 Å². The Balaban J connectivity index is 0. The van der Waals surface area contributed by atoms with E-state index in [0.29, 0.717) is 0 Å². The van der Waals surface area contributed by atoms with Gasteiger partial charge < -0.3 is 5.73 Å². The Morgan fingerprint density at radius 3 is 1.60 bits per heavy atom. The molecule has 3 nitrogen and oxygen atoms in total. The summed E-state index contributed by atoms with van der Waals surface area (Å²) in [6.07, 6.45) is 0.234. The quantitative estimate of drug-likeness (QED) is 0.476. The van der Waals surface area contributed by atoms with Crippen LogP contribution in [0.15, 0.2) is 0 Å².